The molecular weight excluding hydrogens is 450 g/mol. The number of aromatic nitrogens is 4. The molecule has 0 spiro atoms. The average molecular weight is 490 g/mol. The van der Waals surface area contributed by atoms with Gasteiger partial charge in [-0.1, -0.05) is 24.6 Å². The number of para-hydroxylation sites is 1. The molecule has 5 rings (SSSR count). The van der Waals surface area contributed by atoms with Gasteiger partial charge in [-0.15, -0.1) is 5.10 Å². The van der Waals surface area contributed by atoms with Gasteiger partial charge in [0.05, 0.1) is 22.5 Å². The Hall–Kier alpha value is -3.00. The van der Waals surface area contributed by atoms with E-state index >= 15 is 0 Å². The van der Waals surface area contributed by atoms with Gasteiger partial charge in [0.2, 0.25) is 5.91 Å². The van der Waals surface area contributed by atoms with Gasteiger partial charge in [0, 0.05) is 38.1 Å². The zero-order chi connectivity index (χ0) is 25.1. The van der Waals surface area contributed by atoms with Crippen LogP contribution in [0.25, 0.3) is 16.6 Å². The number of benzene rings is 1. The summed E-state index contributed by atoms with van der Waals surface area (Å²) in [5.41, 5.74) is 3.88. The van der Waals surface area contributed by atoms with Crippen molar-refractivity contribution < 1.29 is 4.79 Å². The Bertz CT molecular complexity index is 1180. The van der Waals surface area contributed by atoms with E-state index in [-0.39, 0.29) is 11.8 Å². The molecule has 1 N–H and O–H groups in total. The first-order valence-corrected chi connectivity index (χ1v) is 13.6. The summed E-state index contributed by atoms with van der Waals surface area (Å²) < 4.78 is 1.98. The van der Waals surface area contributed by atoms with Crippen molar-refractivity contribution in [3.05, 3.63) is 41.7 Å². The molecule has 8 heteroatoms. The van der Waals surface area contributed by atoms with Crippen LogP contribution in [0.1, 0.15) is 56.8 Å². The molecule has 0 saturated carbocycles. The van der Waals surface area contributed by atoms with Crippen LogP contribution in [-0.4, -0.2) is 69.6 Å². The topological polar surface area (TPSA) is 79.2 Å². The minimum Gasteiger partial charge on any atom is -0.356 e. The lowest BCUT2D eigenvalue weighted by atomic mass is 9.95. The maximum absolute atomic E-state index is 12.8. The first-order valence-electron chi connectivity index (χ1n) is 13.6. The van der Waals surface area contributed by atoms with Crippen LogP contribution in [0.15, 0.2) is 30.3 Å². The second-order valence-corrected chi connectivity index (χ2v) is 10.5. The largest absolute Gasteiger partial charge is 0.356 e. The van der Waals surface area contributed by atoms with E-state index in [1.54, 1.807) is 0 Å². The summed E-state index contributed by atoms with van der Waals surface area (Å²) in [6.45, 7) is 11.0. The van der Waals surface area contributed by atoms with Crippen LogP contribution in [-0.2, 0) is 4.79 Å². The Balaban J connectivity index is 1.19. The highest BCUT2D eigenvalue weighted by molar-refractivity contribution is 5.92. The number of amides is 1. The number of likely N-dealkylation sites (tertiary alicyclic amines) is 1. The lowest BCUT2D eigenvalue weighted by Gasteiger charge is -2.33. The maximum atomic E-state index is 12.8. The molecule has 4 heterocycles. The Morgan fingerprint density at radius 2 is 1.81 bits per heavy atom. The van der Waals surface area contributed by atoms with Crippen LogP contribution in [0, 0.1) is 19.8 Å². The number of fused-ring (bicyclic) bond motifs is 1. The number of nitrogens with one attached hydrogen (secondary N) is 1. The maximum Gasteiger partial charge on any atom is 0.223 e. The van der Waals surface area contributed by atoms with E-state index in [1.807, 2.05) is 29.8 Å². The molecule has 1 amide bonds. The fraction of sp³-hybridized carbons (Fsp3) is 0.571. The summed E-state index contributed by atoms with van der Waals surface area (Å²) in [5, 5.41) is 18.2. The smallest absolute Gasteiger partial charge is 0.223 e. The monoisotopic (exact) mass is 489 g/mol. The Morgan fingerprint density at radius 3 is 2.56 bits per heavy atom. The summed E-state index contributed by atoms with van der Waals surface area (Å²) in [5.74, 6) is 1.08. The van der Waals surface area contributed by atoms with Crippen molar-refractivity contribution in [3.8, 4) is 5.69 Å². The number of carbonyl (C=O) groups is 1. The first kappa shape index (κ1) is 24.7. The van der Waals surface area contributed by atoms with Gasteiger partial charge in [0.15, 0.2) is 5.82 Å². The van der Waals surface area contributed by atoms with Gasteiger partial charge in [-0.3, -0.25) is 4.79 Å². The van der Waals surface area contributed by atoms with Crippen LogP contribution in [0.4, 0.5) is 5.82 Å². The lowest BCUT2D eigenvalue weighted by molar-refractivity contribution is -0.125. The Labute approximate surface area is 214 Å². The molecule has 1 aromatic carbocycles. The molecule has 1 unspecified atom stereocenters. The molecule has 192 valence electrons. The SMILES string of the molecule is Cc1nnc(N2CCC(C(=O)NCCCN3CCCCC3C)CC2)c2nn(-c3ccccc3)c(C)c12. The third-order valence-electron chi connectivity index (χ3n) is 8.01. The summed E-state index contributed by atoms with van der Waals surface area (Å²) in [6.07, 6.45) is 6.62. The fourth-order valence-electron chi connectivity index (χ4n) is 5.83. The van der Waals surface area contributed by atoms with Crippen molar-refractivity contribution in [2.24, 2.45) is 5.92 Å². The third kappa shape index (κ3) is 5.09. The van der Waals surface area contributed by atoms with E-state index in [9.17, 15) is 4.79 Å². The van der Waals surface area contributed by atoms with E-state index in [4.69, 9.17) is 5.10 Å². The third-order valence-corrected chi connectivity index (χ3v) is 8.01. The highest BCUT2D eigenvalue weighted by Crippen LogP contribution is 2.31. The van der Waals surface area contributed by atoms with E-state index in [0.29, 0.717) is 6.04 Å². The summed E-state index contributed by atoms with van der Waals surface area (Å²) in [7, 11) is 0. The molecule has 0 radical (unpaired) electrons. The normalized spacial score (nSPS) is 19.6. The first-order chi connectivity index (χ1) is 17.5. The van der Waals surface area contributed by atoms with Crippen molar-refractivity contribution in [1.82, 2.24) is 30.2 Å². The number of anilines is 1. The van der Waals surface area contributed by atoms with Gasteiger partial charge in [-0.2, -0.15) is 10.2 Å². The number of piperidine rings is 2. The average Bonchev–Trinajstić information content (AvgIpc) is 3.26. The van der Waals surface area contributed by atoms with Crippen LogP contribution in [0.2, 0.25) is 0 Å². The second kappa shape index (κ2) is 10.9. The fourth-order valence-corrected chi connectivity index (χ4v) is 5.83. The molecule has 2 saturated heterocycles. The zero-order valence-electron chi connectivity index (χ0n) is 21.9. The van der Waals surface area contributed by atoms with Gasteiger partial charge >= 0.3 is 0 Å². The van der Waals surface area contributed by atoms with Crippen LogP contribution < -0.4 is 10.2 Å². The molecule has 1 atom stereocenters. The van der Waals surface area contributed by atoms with Crippen LogP contribution in [0.3, 0.4) is 0 Å². The predicted octanol–water partition coefficient (Wildman–Crippen LogP) is 4.03. The van der Waals surface area contributed by atoms with Gasteiger partial charge < -0.3 is 15.1 Å². The lowest BCUT2D eigenvalue weighted by Crippen LogP contribution is -2.42. The Morgan fingerprint density at radius 1 is 1.03 bits per heavy atom. The quantitative estimate of drug-likeness (QED) is 0.505. The van der Waals surface area contributed by atoms with Gasteiger partial charge in [0.1, 0.15) is 5.52 Å². The van der Waals surface area contributed by atoms with Gasteiger partial charge in [0.25, 0.3) is 0 Å². The molecule has 8 nitrogen and oxygen atoms in total. The number of hydrogen-bond donors (Lipinski definition) is 1. The number of nitrogens with zero attached hydrogens (tertiary/aromatic N) is 6. The molecule has 2 aliphatic rings. The van der Waals surface area contributed by atoms with Crippen molar-refractivity contribution in [2.75, 3.05) is 37.6 Å². The second-order valence-electron chi connectivity index (χ2n) is 10.5. The number of hydrogen-bond acceptors (Lipinski definition) is 6. The summed E-state index contributed by atoms with van der Waals surface area (Å²) in [4.78, 5) is 17.6. The van der Waals surface area contributed by atoms with E-state index in [2.05, 4.69) is 51.3 Å². The predicted molar refractivity (Wildman–Crippen MR) is 144 cm³/mol. The molecule has 2 aromatic heterocycles. The van der Waals surface area contributed by atoms with E-state index in [0.717, 1.165) is 79.2 Å². The molecule has 0 aliphatic carbocycles. The molecule has 3 aromatic rings. The standard InChI is InChI=1S/C28H39N7O/c1-20-10-7-8-16-33(20)17-9-15-29-28(36)23-13-18-34(19-14-23)27-26-25(21(2)30-31-27)22(3)35(32-26)24-11-5-4-6-12-24/h4-6,11-12,20,23H,7-10,13-19H2,1-3H3,(H,29,36). The van der Waals surface area contributed by atoms with E-state index < -0.39 is 0 Å². The van der Waals surface area contributed by atoms with Gasteiger partial charge in [-0.05, 0) is 71.6 Å². The van der Waals surface area contributed by atoms with Crippen molar-refractivity contribution in [3.63, 3.8) is 0 Å². The molecule has 2 fully saturated rings. The molecule has 0 bridgehead atoms. The minimum atomic E-state index is 0.0627. The Kier molecular flexibility index (Phi) is 7.51. The number of carbonyl (C=O) groups excluding carboxylic acids is 1. The van der Waals surface area contributed by atoms with Crippen LogP contribution >= 0.6 is 0 Å². The minimum absolute atomic E-state index is 0.0627. The van der Waals surface area contributed by atoms with Crippen LogP contribution in [0.5, 0.6) is 0 Å². The highest BCUT2D eigenvalue weighted by atomic mass is 16.1. The van der Waals surface area contributed by atoms with Gasteiger partial charge in [-0.25, -0.2) is 4.68 Å². The van der Waals surface area contributed by atoms with E-state index in [1.165, 1.54) is 25.8 Å². The molecule has 36 heavy (non-hydrogen) atoms. The van der Waals surface area contributed by atoms with Crippen molar-refractivity contribution in [2.45, 2.75) is 65.3 Å². The summed E-state index contributed by atoms with van der Waals surface area (Å²) >= 11 is 0. The summed E-state index contributed by atoms with van der Waals surface area (Å²) in [6, 6.07) is 10.9. The molecule has 2 aliphatic heterocycles. The number of aryl methyl sites for hydroxylation is 2. The number of rotatable bonds is 7. The van der Waals surface area contributed by atoms with Crippen molar-refractivity contribution in [1.29, 1.82) is 0 Å². The zero-order valence-corrected chi connectivity index (χ0v) is 21.9. The van der Waals surface area contributed by atoms with Crippen molar-refractivity contribution >= 4 is 22.6 Å². The highest BCUT2D eigenvalue weighted by Gasteiger charge is 2.28. The molecular formula is C28H39N7O.